The zero-order chi connectivity index (χ0) is 25.4. The number of amides is 2. The van der Waals surface area contributed by atoms with Gasteiger partial charge in [-0.05, 0) is 46.9 Å². The number of esters is 1. The first-order valence-electron chi connectivity index (χ1n) is 11.6. The molecule has 36 heavy (non-hydrogen) atoms. The maximum absolute atomic E-state index is 13.9. The largest absolute Gasteiger partial charge is 0.459 e. The lowest BCUT2D eigenvalue weighted by Crippen LogP contribution is -2.57. The Bertz CT molecular complexity index is 1320. The number of benzene rings is 3. The monoisotopic (exact) mass is 583 g/mol. The van der Waals surface area contributed by atoms with Crippen LogP contribution in [0.25, 0.3) is 0 Å². The highest BCUT2D eigenvalue weighted by Gasteiger charge is 2.73. The second kappa shape index (κ2) is 8.17. The van der Waals surface area contributed by atoms with Gasteiger partial charge in [0.1, 0.15) is 22.4 Å². The van der Waals surface area contributed by atoms with E-state index in [0.29, 0.717) is 0 Å². The molecule has 1 fully saturated rings. The first-order valence-corrected chi connectivity index (χ1v) is 13.1. The van der Waals surface area contributed by atoms with Crippen LogP contribution in [0.3, 0.4) is 0 Å². The van der Waals surface area contributed by atoms with Crippen LogP contribution in [0, 0.1) is 11.8 Å². The van der Waals surface area contributed by atoms with Crippen molar-refractivity contribution in [3.63, 3.8) is 0 Å². The van der Waals surface area contributed by atoms with Crippen LogP contribution in [0.5, 0.6) is 0 Å². The van der Waals surface area contributed by atoms with E-state index in [2.05, 4.69) is 15.9 Å². The van der Waals surface area contributed by atoms with Crippen molar-refractivity contribution in [1.29, 1.82) is 0 Å². The van der Waals surface area contributed by atoms with Gasteiger partial charge in [0, 0.05) is 4.47 Å². The molecule has 0 radical (unpaired) electrons. The molecule has 0 N–H and O–H groups in total. The summed E-state index contributed by atoms with van der Waals surface area (Å²) < 4.78 is 6.38. The molecule has 2 amide bonds. The fraction of sp³-hybridized carbons (Fsp3) is 0.250. The Labute approximate surface area is 226 Å². The van der Waals surface area contributed by atoms with Gasteiger partial charge in [0.05, 0.1) is 11.8 Å². The number of nitrogens with zero attached hydrogens (tertiary/aromatic N) is 1. The van der Waals surface area contributed by atoms with Crippen LogP contribution < -0.4 is 0 Å². The lowest BCUT2D eigenvalue weighted by molar-refractivity contribution is -0.159. The fourth-order valence-corrected chi connectivity index (χ4v) is 7.39. The molecule has 0 saturated carbocycles. The van der Waals surface area contributed by atoms with Crippen molar-refractivity contribution in [3.8, 4) is 0 Å². The lowest BCUT2D eigenvalue weighted by atomic mass is 9.54. The van der Waals surface area contributed by atoms with Crippen LogP contribution in [-0.4, -0.2) is 28.7 Å². The number of carbonyl (C=O) groups excluding carboxylic acids is 3. The molecule has 5 nitrogen and oxygen atoms in total. The summed E-state index contributed by atoms with van der Waals surface area (Å²) in [5.74, 6) is -3.59. The van der Waals surface area contributed by atoms with E-state index in [-0.39, 0.29) is 6.61 Å². The number of hydrogen-bond acceptors (Lipinski definition) is 4. The van der Waals surface area contributed by atoms with E-state index in [9.17, 15) is 14.4 Å². The Morgan fingerprint density at radius 1 is 0.861 bits per heavy atom. The van der Waals surface area contributed by atoms with Crippen molar-refractivity contribution in [1.82, 2.24) is 4.90 Å². The highest BCUT2D eigenvalue weighted by Crippen LogP contribution is 2.69. The summed E-state index contributed by atoms with van der Waals surface area (Å²) in [6.07, 6.45) is 0. The summed E-state index contributed by atoms with van der Waals surface area (Å²) >= 11 is 18.2. The van der Waals surface area contributed by atoms with Gasteiger partial charge in [0.2, 0.25) is 11.8 Å². The maximum Gasteiger partial charge on any atom is 0.329 e. The van der Waals surface area contributed by atoms with E-state index in [1.807, 2.05) is 72.8 Å². The average molecular weight is 585 g/mol. The van der Waals surface area contributed by atoms with Gasteiger partial charge in [-0.3, -0.25) is 14.5 Å². The quantitative estimate of drug-likeness (QED) is 0.232. The predicted octanol–water partition coefficient (Wildman–Crippen LogP) is 5.47. The second-order valence-electron chi connectivity index (χ2n) is 9.43. The van der Waals surface area contributed by atoms with Gasteiger partial charge < -0.3 is 4.74 Å². The summed E-state index contributed by atoms with van der Waals surface area (Å²) in [5.41, 5.74) is 3.66. The Morgan fingerprint density at radius 2 is 1.28 bits per heavy atom. The first-order chi connectivity index (χ1) is 17.2. The topological polar surface area (TPSA) is 63.7 Å². The van der Waals surface area contributed by atoms with Gasteiger partial charge in [-0.2, -0.15) is 0 Å². The molecule has 3 aromatic carbocycles. The summed E-state index contributed by atoms with van der Waals surface area (Å²) in [7, 11) is 0. The van der Waals surface area contributed by atoms with Crippen molar-refractivity contribution in [2.24, 2.45) is 11.8 Å². The molecule has 0 spiro atoms. The molecule has 0 unspecified atom stereocenters. The van der Waals surface area contributed by atoms with Crippen LogP contribution in [0.2, 0.25) is 0 Å². The molecule has 4 aliphatic rings. The number of ether oxygens (including phenoxy) is 1. The summed E-state index contributed by atoms with van der Waals surface area (Å²) in [6.45, 7) is 1.52. The zero-order valence-electron chi connectivity index (χ0n) is 19.1. The minimum atomic E-state index is -1.28. The van der Waals surface area contributed by atoms with E-state index in [0.717, 1.165) is 37.2 Å². The van der Waals surface area contributed by atoms with E-state index in [1.54, 1.807) is 0 Å². The lowest BCUT2D eigenvalue weighted by Gasteiger charge is -2.54. The predicted molar refractivity (Wildman–Crippen MR) is 138 cm³/mol. The maximum atomic E-state index is 13.9. The van der Waals surface area contributed by atoms with Gasteiger partial charge in [-0.1, -0.05) is 76.6 Å². The minimum Gasteiger partial charge on any atom is -0.459 e. The number of alkyl halides is 2. The molecule has 7 rings (SSSR count). The van der Waals surface area contributed by atoms with Crippen LogP contribution in [0.1, 0.15) is 34.7 Å². The third-order valence-electron chi connectivity index (χ3n) is 7.64. The van der Waals surface area contributed by atoms with E-state index < -0.39 is 45.4 Å². The van der Waals surface area contributed by atoms with Crippen molar-refractivity contribution in [2.75, 3.05) is 0 Å². The zero-order valence-corrected chi connectivity index (χ0v) is 22.2. The van der Waals surface area contributed by atoms with Crippen LogP contribution >= 0.6 is 39.1 Å². The number of likely N-dealkylation sites (tertiary alicyclic amines) is 1. The van der Waals surface area contributed by atoms with E-state index in [1.165, 1.54) is 6.92 Å². The Balaban J connectivity index is 1.38. The molecule has 1 heterocycles. The van der Waals surface area contributed by atoms with Crippen molar-refractivity contribution in [2.45, 2.75) is 29.3 Å². The van der Waals surface area contributed by atoms with Crippen molar-refractivity contribution in [3.05, 3.63) is 105 Å². The SMILES string of the molecule is C[C@H](C(=O)OCc1ccc(Br)cc1)N1C(=O)[C@@H]2[C@@H](C1=O)C1(Cl)c3ccccc3C2(Cl)c2ccccc21. The smallest absolute Gasteiger partial charge is 0.329 e. The first kappa shape index (κ1) is 23.7. The molecule has 3 atom stereocenters. The van der Waals surface area contributed by atoms with Gasteiger partial charge in [0.15, 0.2) is 0 Å². The molecule has 3 aromatic rings. The normalized spacial score (nSPS) is 28.4. The summed E-state index contributed by atoms with van der Waals surface area (Å²) in [4.78, 5) is 39.3. The molecule has 1 aliphatic heterocycles. The van der Waals surface area contributed by atoms with Gasteiger partial charge in [0.25, 0.3) is 0 Å². The highest BCUT2D eigenvalue weighted by molar-refractivity contribution is 9.10. The summed E-state index contributed by atoms with van der Waals surface area (Å²) in [6, 6.07) is 21.1. The van der Waals surface area contributed by atoms with E-state index in [4.69, 9.17) is 27.9 Å². The number of imide groups is 1. The Hall–Kier alpha value is -2.67. The molecule has 8 heteroatoms. The number of hydrogen-bond donors (Lipinski definition) is 0. The number of rotatable bonds is 4. The van der Waals surface area contributed by atoms with Gasteiger partial charge in [-0.15, -0.1) is 23.2 Å². The van der Waals surface area contributed by atoms with E-state index >= 15 is 0 Å². The molecule has 1 saturated heterocycles. The van der Waals surface area contributed by atoms with Crippen LogP contribution in [-0.2, 0) is 35.5 Å². The Kier molecular flexibility index (Phi) is 5.38. The minimum absolute atomic E-state index is 0.0231. The standard InChI is InChI=1S/C28H20BrCl2NO4/c1-15(26(35)36-14-16-10-12-17(29)13-11-16)32-24(33)22-23(25(32)34)28(31)19-7-3-2-6-18(19)27(22,30)20-8-4-5-9-21(20)28/h2-13,15,22-23H,14H2,1H3/t15-,22+,23+,27?,28?/m1/s1. The van der Waals surface area contributed by atoms with Gasteiger partial charge in [-0.25, -0.2) is 4.79 Å². The third kappa shape index (κ3) is 2.98. The molecule has 3 aliphatic carbocycles. The average Bonchev–Trinajstić information content (AvgIpc) is 3.17. The third-order valence-corrected chi connectivity index (χ3v) is 9.46. The van der Waals surface area contributed by atoms with Crippen LogP contribution in [0.15, 0.2) is 77.3 Å². The molecular weight excluding hydrogens is 565 g/mol. The molecule has 2 bridgehead atoms. The fourth-order valence-electron chi connectivity index (χ4n) is 6.03. The molecule has 182 valence electrons. The van der Waals surface area contributed by atoms with Crippen LogP contribution in [0.4, 0.5) is 0 Å². The second-order valence-corrected chi connectivity index (χ2v) is 11.5. The number of carbonyl (C=O) groups is 3. The molecular formula is C28H20BrCl2NO4. The van der Waals surface area contributed by atoms with Gasteiger partial charge >= 0.3 is 5.97 Å². The van der Waals surface area contributed by atoms with Crippen molar-refractivity contribution < 1.29 is 19.1 Å². The van der Waals surface area contributed by atoms with Crippen molar-refractivity contribution >= 4 is 56.9 Å². The molecule has 0 aromatic heterocycles. The highest BCUT2D eigenvalue weighted by atomic mass is 79.9. The Morgan fingerprint density at radius 3 is 1.69 bits per heavy atom. The number of halogens is 3. The summed E-state index contributed by atoms with van der Waals surface area (Å²) in [5, 5.41) is 0.